The van der Waals surface area contributed by atoms with Gasteiger partial charge >= 0.3 is 5.97 Å². The molecule has 5 heteroatoms. The molecule has 0 aromatic heterocycles. The summed E-state index contributed by atoms with van der Waals surface area (Å²) in [5.41, 5.74) is 0.751. The minimum absolute atomic E-state index is 0.0944. The second-order valence-corrected chi connectivity index (χ2v) is 6.09. The topological polar surface area (TPSA) is 64.6 Å². The molecule has 1 aromatic rings. The molecule has 2 rings (SSSR count). The third-order valence-corrected chi connectivity index (χ3v) is 4.35. The molecule has 1 aliphatic rings. The van der Waals surface area contributed by atoms with Gasteiger partial charge in [-0.15, -0.1) is 0 Å². The van der Waals surface area contributed by atoms with Crippen molar-refractivity contribution < 1.29 is 19.1 Å². The van der Waals surface area contributed by atoms with Crippen LogP contribution in [0.4, 0.5) is 0 Å². The second kappa shape index (κ2) is 8.56. The number of nitrogens with one attached hydrogen (secondary N) is 1. The van der Waals surface area contributed by atoms with Crippen LogP contribution in [-0.4, -0.2) is 31.6 Å². The van der Waals surface area contributed by atoms with E-state index in [0.29, 0.717) is 11.7 Å². The maximum absolute atomic E-state index is 11.9. The van der Waals surface area contributed by atoms with Gasteiger partial charge in [-0.2, -0.15) is 0 Å². The summed E-state index contributed by atoms with van der Waals surface area (Å²) in [4.78, 5) is 23.8. The first-order chi connectivity index (χ1) is 11.1. The number of methoxy groups -OCH3 is 1. The first kappa shape index (κ1) is 17.3. The smallest absolute Gasteiger partial charge is 0.310 e. The number of hydrogen-bond acceptors (Lipinski definition) is 4. The molecule has 2 atom stereocenters. The Bertz CT molecular complexity index is 544. The first-order valence-corrected chi connectivity index (χ1v) is 8.17. The fourth-order valence-corrected chi connectivity index (χ4v) is 2.98. The standard InChI is InChI=1S/C18H25NO4/c1-13-7-3-5-9-15(13)19-17(20)12-23-18(21)11-14-8-4-6-10-16(14)22-2/h4,6,8,10,13,15H,3,5,7,9,11-12H2,1-2H3,(H,19,20)/t13-,15+/m0/s1. The molecule has 0 aliphatic heterocycles. The number of ether oxygens (including phenoxy) is 2. The van der Waals surface area contributed by atoms with Gasteiger partial charge in [-0.05, 0) is 24.8 Å². The van der Waals surface area contributed by atoms with Crippen molar-refractivity contribution in [1.29, 1.82) is 0 Å². The zero-order chi connectivity index (χ0) is 16.7. The first-order valence-electron chi connectivity index (χ1n) is 8.17. The maximum Gasteiger partial charge on any atom is 0.310 e. The molecule has 126 valence electrons. The van der Waals surface area contributed by atoms with E-state index in [9.17, 15) is 9.59 Å². The summed E-state index contributed by atoms with van der Waals surface area (Å²) in [6.07, 6.45) is 4.60. The Morgan fingerprint density at radius 2 is 1.96 bits per heavy atom. The van der Waals surface area contributed by atoms with Gasteiger partial charge < -0.3 is 14.8 Å². The van der Waals surface area contributed by atoms with Crippen molar-refractivity contribution >= 4 is 11.9 Å². The molecular formula is C18H25NO4. The molecule has 1 aliphatic carbocycles. The van der Waals surface area contributed by atoms with Crippen LogP contribution in [0, 0.1) is 5.92 Å². The zero-order valence-corrected chi connectivity index (χ0v) is 13.8. The zero-order valence-electron chi connectivity index (χ0n) is 13.8. The van der Waals surface area contributed by atoms with Crippen LogP contribution in [0.1, 0.15) is 38.2 Å². The molecule has 1 amide bonds. The summed E-state index contributed by atoms with van der Waals surface area (Å²) in [6.45, 7) is 1.93. The number of rotatable bonds is 6. The van der Waals surface area contributed by atoms with Crippen LogP contribution in [0.5, 0.6) is 5.75 Å². The van der Waals surface area contributed by atoms with Crippen LogP contribution >= 0.6 is 0 Å². The quantitative estimate of drug-likeness (QED) is 0.818. The van der Waals surface area contributed by atoms with Crippen molar-refractivity contribution in [3.8, 4) is 5.75 Å². The van der Waals surface area contributed by atoms with Gasteiger partial charge in [-0.1, -0.05) is 38.0 Å². The molecule has 23 heavy (non-hydrogen) atoms. The van der Waals surface area contributed by atoms with E-state index in [0.717, 1.165) is 24.8 Å². The third kappa shape index (κ3) is 5.27. The molecule has 0 saturated heterocycles. The summed E-state index contributed by atoms with van der Waals surface area (Å²) in [5.74, 6) is 0.473. The molecule has 0 bridgehead atoms. The van der Waals surface area contributed by atoms with E-state index >= 15 is 0 Å². The van der Waals surface area contributed by atoms with E-state index in [1.165, 1.54) is 6.42 Å². The van der Waals surface area contributed by atoms with E-state index in [1.807, 2.05) is 18.2 Å². The number of benzene rings is 1. The number of para-hydroxylation sites is 1. The third-order valence-electron chi connectivity index (χ3n) is 4.35. The summed E-state index contributed by atoms with van der Waals surface area (Å²) in [5, 5.41) is 2.97. The molecule has 1 aromatic carbocycles. The summed E-state index contributed by atoms with van der Waals surface area (Å²) < 4.78 is 10.3. The van der Waals surface area contributed by atoms with Crippen LogP contribution in [-0.2, 0) is 20.7 Å². The van der Waals surface area contributed by atoms with Crippen LogP contribution in [0.25, 0.3) is 0 Å². The molecular weight excluding hydrogens is 294 g/mol. The Balaban J connectivity index is 1.76. The predicted octanol–water partition coefficient (Wildman–Crippen LogP) is 2.48. The molecule has 0 spiro atoms. The lowest BCUT2D eigenvalue weighted by atomic mass is 9.86. The maximum atomic E-state index is 11.9. The molecule has 5 nitrogen and oxygen atoms in total. The van der Waals surface area contributed by atoms with Crippen LogP contribution < -0.4 is 10.1 Å². The number of carbonyl (C=O) groups excluding carboxylic acids is 2. The van der Waals surface area contributed by atoms with Gasteiger partial charge in [0.25, 0.3) is 5.91 Å². The summed E-state index contributed by atoms with van der Waals surface area (Å²) in [7, 11) is 1.56. The highest BCUT2D eigenvalue weighted by molar-refractivity contribution is 5.81. The molecule has 1 fully saturated rings. The number of amides is 1. The normalized spacial score (nSPS) is 20.6. The average molecular weight is 319 g/mol. The highest BCUT2D eigenvalue weighted by atomic mass is 16.5. The molecule has 1 saturated carbocycles. The monoisotopic (exact) mass is 319 g/mol. The number of esters is 1. The largest absolute Gasteiger partial charge is 0.496 e. The van der Waals surface area contributed by atoms with Gasteiger partial charge in [0.1, 0.15) is 5.75 Å². The fourth-order valence-electron chi connectivity index (χ4n) is 2.98. The van der Waals surface area contributed by atoms with Gasteiger partial charge in [-0.25, -0.2) is 0 Å². The van der Waals surface area contributed by atoms with Crippen molar-refractivity contribution in [1.82, 2.24) is 5.32 Å². The SMILES string of the molecule is COc1ccccc1CC(=O)OCC(=O)N[C@@H]1CCCC[C@@H]1C. The second-order valence-electron chi connectivity index (χ2n) is 6.09. The Morgan fingerprint density at radius 1 is 1.22 bits per heavy atom. The number of hydrogen-bond donors (Lipinski definition) is 1. The van der Waals surface area contributed by atoms with E-state index in [2.05, 4.69) is 12.2 Å². The lowest BCUT2D eigenvalue weighted by Crippen LogP contribution is -2.42. The van der Waals surface area contributed by atoms with Crippen molar-refractivity contribution in [2.45, 2.75) is 45.1 Å². The highest BCUT2D eigenvalue weighted by Crippen LogP contribution is 2.23. The summed E-state index contributed by atoms with van der Waals surface area (Å²) in [6, 6.07) is 7.47. The Labute approximate surface area is 137 Å². The van der Waals surface area contributed by atoms with E-state index in [-0.39, 0.29) is 25.0 Å². The molecule has 1 N–H and O–H groups in total. The van der Waals surface area contributed by atoms with E-state index in [1.54, 1.807) is 13.2 Å². The van der Waals surface area contributed by atoms with Crippen molar-refractivity contribution in [3.63, 3.8) is 0 Å². The lowest BCUT2D eigenvalue weighted by molar-refractivity contribution is -0.148. The number of carbonyl (C=O) groups is 2. The van der Waals surface area contributed by atoms with Gasteiger partial charge in [0.2, 0.25) is 0 Å². The van der Waals surface area contributed by atoms with Crippen molar-refractivity contribution in [2.75, 3.05) is 13.7 Å². The van der Waals surface area contributed by atoms with Gasteiger partial charge in [0.15, 0.2) is 6.61 Å². The van der Waals surface area contributed by atoms with Gasteiger partial charge in [-0.3, -0.25) is 9.59 Å². The van der Waals surface area contributed by atoms with Crippen LogP contribution in [0.3, 0.4) is 0 Å². The molecule has 0 radical (unpaired) electrons. The predicted molar refractivity (Wildman–Crippen MR) is 87.2 cm³/mol. The Hall–Kier alpha value is -2.04. The highest BCUT2D eigenvalue weighted by Gasteiger charge is 2.23. The van der Waals surface area contributed by atoms with Gasteiger partial charge in [0, 0.05) is 11.6 Å². The molecule has 0 unspecified atom stereocenters. The van der Waals surface area contributed by atoms with E-state index < -0.39 is 5.97 Å². The Kier molecular flexibility index (Phi) is 6.44. The average Bonchev–Trinajstić information content (AvgIpc) is 2.55. The lowest BCUT2D eigenvalue weighted by Gasteiger charge is -2.29. The Morgan fingerprint density at radius 3 is 2.70 bits per heavy atom. The van der Waals surface area contributed by atoms with Gasteiger partial charge in [0.05, 0.1) is 13.5 Å². The molecule has 0 heterocycles. The van der Waals surface area contributed by atoms with Crippen molar-refractivity contribution in [2.24, 2.45) is 5.92 Å². The minimum Gasteiger partial charge on any atom is -0.496 e. The summed E-state index contributed by atoms with van der Waals surface area (Å²) >= 11 is 0. The van der Waals surface area contributed by atoms with Crippen LogP contribution in [0.2, 0.25) is 0 Å². The minimum atomic E-state index is -0.429. The van der Waals surface area contributed by atoms with Crippen LogP contribution in [0.15, 0.2) is 24.3 Å². The van der Waals surface area contributed by atoms with E-state index in [4.69, 9.17) is 9.47 Å². The fraction of sp³-hybridized carbons (Fsp3) is 0.556. The van der Waals surface area contributed by atoms with Crippen molar-refractivity contribution in [3.05, 3.63) is 29.8 Å².